The number of nitro benzene ring substituents is 1. The first kappa shape index (κ1) is 16.5. The van der Waals surface area contributed by atoms with Gasteiger partial charge in [-0.25, -0.2) is 0 Å². The number of aryl methyl sites for hydroxylation is 1. The molecule has 0 unspecified atom stereocenters. The summed E-state index contributed by atoms with van der Waals surface area (Å²) in [5.41, 5.74) is 1.66. The summed E-state index contributed by atoms with van der Waals surface area (Å²) in [7, 11) is 0. The van der Waals surface area contributed by atoms with E-state index < -0.39 is 11.0 Å². The fraction of sp³-hybridized carbons (Fsp3) is 0.235. The number of carbonyl (C=O) groups is 1. The summed E-state index contributed by atoms with van der Waals surface area (Å²) in [6.45, 7) is 3.60. The van der Waals surface area contributed by atoms with Crippen LogP contribution in [0.5, 0.6) is 5.75 Å². The summed E-state index contributed by atoms with van der Waals surface area (Å²) < 4.78 is 5.43. The van der Waals surface area contributed by atoms with Crippen LogP contribution in [0.25, 0.3) is 0 Å². The topological polar surface area (TPSA) is 81.5 Å². The van der Waals surface area contributed by atoms with Crippen LogP contribution in [0.4, 0.5) is 11.4 Å². The van der Waals surface area contributed by atoms with Crippen molar-refractivity contribution in [2.75, 3.05) is 5.32 Å². The summed E-state index contributed by atoms with van der Waals surface area (Å²) in [4.78, 5) is 22.6. The van der Waals surface area contributed by atoms with Gasteiger partial charge in [-0.1, -0.05) is 31.2 Å². The number of amides is 1. The van der Waals surface area contributed by atoms with Crippen molar-refractivity contribution >= 4 is 17.3 Å². The van der Waals surface area contributed by atoms with Crippen LogP contribution in [0, 0.1) is 10.1 Å². The number of benzene rings is 2. The normalized spacial score (nSPS) is 11.6. The fourth-order valence-corrected chi connectivity index (χ4v) is 2.02. The van der Waals surface area contributed by atoms with Crippen LogP contribution in [0.15, 0.2) is 48.5 Å². The van der Waals surface area contributed by atoms with E-state index in [9.17, 15) is 14.9 Å². The Bertz CT molecular complexity index is 698. The van der Waals surface area contributed by atoms with Crippen molar-refractivity contribution in [3.63, 3.8) is 0 Å². The Kier molecular flexibility index (Phi) is 5.30. The monoisotopic (exact) mass is 314 g/mol. The Balaban J connectivity index is 2.04. The van der Waals surface area contributed by atoms with Crippen LogP contribution in [-0.4, -0.2) is 16.9 Å². The first-order valence-electron chi connectivity index (χ1n) is 7.31. The molecule has 2 rings (SSSR count). The Labute approximate surface area is 134 Å². The number of hydrogen-bond acceptors (Lipinski definition) is 4. The third-order valence-corrected chi connectivity index (χ3v) is 3.36. The molecule has 0 bridgehead atoms. The van der Waals surface area contributed by atoms with Crippen molar-refractivity contribution in [2.24, 2.45) is 0 Å². The predicted molar refractivity (Wildman–Crippen MR) is 87.6 cm³/mol. The summed E-state index contributed by atoms with van der Waals surface area (Å²) in [6, 6.07) is 13.5. The number of nitrogens with one attached hydrogen (secondary N) is 1. The predicted octanol–water partition coefficient (Wildman–Crippen LogP) is 3.56. The van der Waals surface area contributed by atoms with Crippen LogP contribution in [0.2, 0.25) is 0 Å². The molecule has 6 heteroatoms. The summed E-state index contributed by atoms with van der Waals surface area (Å²) in [5.74, 6) is -0.297. The third-order valence-electron chi connectivity index (χ3n) is 3.36. The molecule has 0 radical (unpaired) electrons. The smallest absolute Gasteiger partial charge is 0.310 e. The average Bonchev–Trinajstić information content (AvgIpc) is 2.55. The number of ether oxygens (including phenoxy) is 1. The fourth-order valence-electron chi connectivity index (χ4n) is 2.02. The van der Waals surface area contributed by atoms with Crippen molar-refractivity contribution in [2.45, 2.75) is 26.4 Å². The molecule has 6 nitrogen and oxygen atoms in total. The standard InChI is InChI=1S/C17H18N2O4/c1-3-13-8-10-14(11-9-13)18-17(20)12(2)23-16-7-5-4-6-15(16)19(21)22/h4-12H,3H2,1-2H3,(H,18,20)/t12-/m0/s1. The van der Waals surface area contributed by atoms with E-state index in [0.29, 0.717) is 5.69 Å². The Morgan fingerprint density at radius 1 is 1.22 bits per heavy atom. The maximum atomic E-state index is 12.1. The summed E-state index contributed by atoms with van der Waals surface area (Å²) >= 11 is 0. The molecule has 120 valence electrons. The lowest BCUT2D eigenvalue weighted by Gasteiger charge is -2.14. The molecule has 0 aliphatic carbocycles. The van der Waals surface area contributed by atoms with Crippen molar-refractivity contribution in [3.05, 3.63) is 64.2 Å². The van der Waals surface area contributed by atoms with Gasteiger partial charge in [0, 0.05) is 11.8 Å². The van der Waals surface area contributed by atoms with Gasteiger partial charge in [-0.05, 0) is 37.1 Å². The van der Waals surface area contributed by atoms with Gasteiger partial charge in [-0.3, -0.25) is 14.9 Å². The molecule has 0 aliphatic heterocycles. The van der Waals surface area contributed by atoms with Crippen LogP contribution in [-0.2, 0) is 11.2 Å². The van der Waals surface area contributed by atoms with Crippen LogP contribution in [0.3, 0.4) is 0 Å². The second-order valence-electron chi connectivity index (χ2n) is 5.02. The molecule has 1 N–H and O–H groups in total. The van der Waals surface area contributed by atoms with Gasteiger partial charge in [0.25, 0.3) is 5.91 Å². The Morgan fingerprint density at radius 3 is 2.48 bits per heavy atom. The number of carbonyl (C=O) groups excluding carboxylic acids is 1. The zero-order valence-electron chi connectivity index (χ0n) is 13.0. The molecule has 0 saturated heterocycles. The number of para-hydroxylation sites is 2. The van der Waals surface area contributed by atoms with E-state index in [-0.39, 0.29) is 17.3 Å². The maximum absolute atomic E-state index is 12.1. The lowest BCUT2D eigenvalue weighted by atomic mass is 10.1. The first-order chi connectivity index (χ1) is 11.0. The van der Waals surface area contributed by atoms with Gasteiger partial charge in [-0.2, -0.15) is 0 Å². The Hall–Kier alpha value is -2.89. The van der Waals surface area contributed by atoms with E-state index in [4.69, 9.17) is 4.74 Å². The lowest BCUT2D eigenvalue weighted by molar-refractivity contribution is -0.386. The molecule has 1 atom stereocenters. The number of nitrogens with zero attached hydrogens (tertiary/aromatic N) is 1. The molecule has 0 aliphatic rings. The van der Waals surface area contributed by atoms with Crippen LogP contribution >= 0.6 is 0 Å². The minimum Gasteiger partial charge on any atom is -0.474 e. The van der Waals surface area contributed by atoms with Crippen LogP contribution in [0.1, 0.15) is 19.4 Å². The molecule has 0 saturated carbocycles. The minimum absolute atomic E-state index is 0.0708. The summed E-state index contributed by atoms with van der Waals surface area (Å²) in [5, 5.41) is 13.7. The largest absolute Gasteiger partial charge is 0.474 e. The maximum Gasteiger partial charge on any atom is 0.310 e. The van der Waals surface area contributed by atoms with Gasteiger partial charge in [-0.15, -0.1) is 0 Å². The van der Waals surface area contributed by atoms with Gasteiger partial charge in [0.05, 0.1) is 4.92 Å². The molecular formula is C17H18N2O4. The van der Waals surface area contributed by atoms with Gasteiger partial charge >= 0.3 is 5.69 Å². The van der Waals surface area contributed by atoms with E-state index in [0.717, 1.165) is 6.42 Å². The minimum atomic E-state index is -0.859. The van der Waals surface area contributed by atoms with Crippen LogP contribution < -0.4 is 10.1 Å². The highest BCUT2D eigenvalue weighted by molar-refractivity contribution is 5.94. The molecule has 0 fully saturated rings. The quantitative estimate of drug-likeness (QED) is 0.653. The van der Waals surface area contributed by atoms with Crippen molar-refractivity contribution in [3.8, 4) is 5.75 Å². The molecule has 2 aromatic carbocycles. The SMILES string of the molecule is CCc1ccc(NC(=O)[C@H](C)Oc2ccccc2[N+](=O)[O-])cc1. The number of anilines is 1. The zero-order chi connectivity index (χ0) is 16.8. The first-order valence-corrected chi connectivity index (χ1v) is 7.31. The third kappa shape index (κ3) is 4.29. The van der Waals surface area contributed by atoms with Gasteiger partial charge < -0.3 is 10.1 Å². The van der Waals surface area contributed by atoms with Crippen molar-refractivity contribution in [1.82, 2.24) is 0 Å². The van der Waals surface area contributed by atoms with Gasteiger partial charge in [0.15, 0.2) is 11.9 Å². The van der Waals surface area contributed by atoms with E-state index in [1.54, 1.807) is 19.1 Å². The lowest BCUT2D eigenvalue weighted by Crippen LogP contribution is -2.30. The van der Waals surface area contributed by atoms with Crippen molar-refractivity contribution in [1.29, 1.82) is 0 Å². The van der Waals surface area contributed by atoms with E-state index in [2.05, 4.69) is 12.2 Å². The molecule has 0 aromatic heterocycles. The zero-order valence-corrected chi connectivity index (χ0v) is 13.0. The number of hydrogen-bond donors (Lipinski definition) is 1. The van der Waals surface area contributed by atoms with Gasteiger partial charge in [0.2, 0.25) is 0 Å². The van der Waals surface area contributed by atoms with E-state index in [1.807, 2.05) is 24.3 Å². The van der Waals surface area contributed by atoms with E-state index >= 15 is 0 Å². The molecule has 2 aromatic rings. The highest BCUT2D eigenvalue weighted by Crippen LogP contribution is 2.27. The Morgan fingerprint density at radius 2 is 1.87 bits per heavy atom. The average molecular weight is 314 g/mol. The summed E-state index contributed by atoms with van der Waals surface area (Å²) in [6.07, 6.45) is 0.0627. The number of nitro groups is 1. The molecule has 0 heterocycles. The second-order valence-corrected chi connectivity index (χ2v) is 5.02. The highest BCUT2D eigenvalue weighted by Gasteiger charge is 2.20. The number of rotatable bonds is 6. The highest BCUT2D eigenvalue weighted by atomic mass is 16.6. The molecule has 1 amide bonds. The molecule has 23 heavy (non-hydrogen) atoms. The molecule has 0 spiro atoms. The van der Waals surface area contributed by atoms with Crippen molar-refractivity contribution < 1.29 is 14.5 Å². The van der Waals surface area contributed by atoms with Gasteiger partial charge in [0.1, 0.15) is 0 Å². The molecular weight excluding hydrogens is 296 g/mol. The second kappa shape index (κ2) is 7.40. The van der Waals surface area contributed by atoms with E-state index in [1.165, 1.54) is 17.7 Å².